The average Bonchev–Trinajstić information content (AvgIpc) is 2.20. The average molecular weight is 280 g/mol. The molecule has 0 saturated heterocycles. The molecule has 0 aliphatic heterocycles. The second kappa shape index (κ2) is 6.90. The van der Waals surface area contributed by atoms with Gasteiger partial charge in [0.15, 0.2) is 0 Å². The first-order valence-corrected chi connectivity index (χ1v) is 7.88. The third-order valence-corrected chi connectivity index (χ3v) is 3.60. The number of hydrogen-bond acceptors (Lipinski definition) is 4. The molecular formula is C10H20N2O3S2. The van der Waals surface area contributed by atoms with Gasteiger partial charge < -0.3 is 10.6 Å². The van der Waals surface area contributed by atoms with Gasteiger partial charge in [-0.05, 0) is 6.42 Å². The summed E-state index contributed by atoms with van der Waals surface area (Å²) >= 11 is 4.85. The molecule has 0 aromatic heterocycles. The summed E-state index contributed by atoms with van der Waals surface area (Å²) in [5.41, 5.74) is 5.51. The van der Waals surface area contributed by atoms with Gasteiger partial charge in [0, 0.05) is 19.8 Å². The number of carbonyl (C=O) groups is 1. The molecule has 0 heterocycles. The minimum atomic E-state index is -3.07. The van der Waals surface area contributed by atoms with Gasteiger partial charge in [0.2, 0.25) is 5.91 Å². The van der Waals surface area contributed by atoms with Gasteiger partial charge in [0.05, 0.1) is 16.7 Å². The molecule has 0 bridgehead atoms. The number of hydrogen-bond donors (Lipinski definition) is 1. The lowest BCUT2D eigenvalue weighted by Crippen LogP contribution is -2.40. The van der Waals surface area contributed by atoms with E-state index in [1.165, 1.54) is 4.90 Å². The quantitative estimate of drug-likeness (QED) is 0.673. The molecule has 0 aliphatic carbocycles. The van der Waals surface area contributed by atoms with Crippen LogP contribution in [0.1, 0.15) is 19.8 Å². The van der Waals surface area contributed by atoms with E-state index in [4.69, 9.17) is 18.0 Å². The molecular weight excluding hydrogens is 260 g/mol. The molecule has 7 heteroatoms. The van der Waals surface area contributed by atoms with Gasteiger partial charge in [0.1, 0.15) is 9.84 Å². The molecule has 1 amide bonds. The lowest BCUT2D eigenvalue weighted by atomic mass is 10.0. The third-order valence-electron chi connectivity index (χ3n) is 2.39. The zero-order valence-electron chi connectivity index (χ0n) is 10.5. The van der Waals surface area contributed by atoms with Crippen LogP contribution in [0.3, 0.4) is 0 Å². The van der Waals surface area contributed by atoms with Crippen LogP contribution in [0, 0.1) is 5.92 Å². The molecule has 0 aromatic carbocycles. The van der Waals surface area contributed by atoms with E-state index in [-0.39, 0.29) is 23.2 Å². The SMILES string of the molecule is CCCC(C(=O)N(C)CCS(C)(=O)=O)C(N)=S. The maximum Gasteiger partial charge on any atom is 0.232 e. The molecule has 17 heavy (non-hydrogen) atoms. The van der Waals surface area contributed by atoms with E-state index in [1.54, 1.807) is 7.05 Å². The van der Waals surface area contributed by atoms with Crippen LogP contribution in [0.15, 0.2) is 0 Å². The van der Waals surface area contributed by atoms with Crippen LogP contribution in [0.25, 0.3) is 0 Å². The number of nitrogens with two attached hydrogens (primary N) is 1. The summed E-state index contributed by atoms with van der Waals surface area (Å²) < 4.78 is 22.0. The Morgan fingerprint density at radius 3 is 2.35 bits per heavy atom. The first kappa shape index (κ1) is 16.3. The van der Waals surface area contributed by atoms with E-state index in [2.05, 4.69) is 0 Å². The summed E-state index contributed by atoms with van der Waals surface area (Å²) in [6.45, 7) is 2.11. The molecule has 0 spiro atoms. The second-order valence-electron chi connectivity index (χ2n) is 4.13. The number of rotatable bonds is 7. The van der Waals surface area contributed by atoms with E-state index in [1.807, 2.05) is 6.92 Å². The lowest BCUT2D eigenvalue weighted by molar-refractivity contribution is -0.131. The third kappa shape index (κ3) is 6.58. The topological polar surface area (TPSA) is 80.5 Å². The highest BCUT2D eigenvalue weighted by Crippen LogP contribution is 2.10. The van der Waals surface area contributed by atoms with Crippen molar-refractivity contribution in [2.45, 2.75) is 19.8 Å². The van der Waals surface area contributed by atoms with Gasteiger partial charge in [-0.2, -0.15) is 0 Å². The van der Waals surface area contributed by atoms with Gasteiger partial charge in [-0.3, -0.25) is 4.79 Å². The summed E-state index contributed by atoms with van der Waals surface area (Å²) in [4.78, 5) is 13.5. The monoisotopic (exact) mass is 280 g/mol. The highest BCUT2D eigenvalue weighted by atomic mass is 32.2. The fraction of sp³-hybridized carbons (Fsp3) is 0.800. The van der Waals surface area contributed by atoms with Crippen molar-refractivity contribution in [3.05, 3.63) is 0 Å². The molecule has 100 valence electrons. The van der Waals surface area contributed by atoms with Crippen LogP contribution in [0.4, 0.5) is 0 Å². The molecule has 5 nitrogen and oxygen atoms in total. The van der Waals surface area contributed by atoms with Crippen molar-refractivity contribution < 1.29 is 13.2 Å². The molecule has 0 aliphatic rings. The maximum absolute atomic E-state index is 12.0. The van der Waals surface area contributed by atoms with Crippen molar-refractivity contribution in [2.75, 3.05) is 25.6 Å². The van der Waals surface area contributed by atoms with Gasteiger partial charge in [-0.1, -0.05) is 25.6 Å². The fourth-order valence-corrected chi connectivity index (χ4v) is 2.18. The fourth-order valence-electron chi connectivity index (χ4n) is 1.36. The predicted octanol–water partition coefficient (Wildman–Crippen LogP) is 0.192. The first-order chi connectivity index (χ1) is 7.69. The van der Waals surface area contributed by atoms with Crippen LogP contribution in [0.2, 0.25) is 0 Å². The molecule has 0 radical (unpaired) electrons. The van der Waals surface area contributed by atoms with E-state index < -0.39 is 15.8 Å². The Balaban J connectivity index is 4.50. The number of carbonyl (C=O) groups excluding carboxylic acids is 1. The van der Waals surface area contributed by atoms with E-state index >= 15 is 0 Å². The molecule has 1 atom stereocenters. The second-order valence-corrected chi connectivity index (χ2v) is 6.86. The molecule has 0 fully saturated rings. The predicted molar refractivity (Wildman–Crippen MR) is 72.5 cm³/mol. The van der Waals surface area contributed by atoms with Crippen molar-refractivity contribution in [3.63, 3.8) is 0 Å². The molecule has 0 aromatic rings. The zero-order valence-corrected chi connectivity index (χ0v) is 12.1. The van der Waals surface area contributed by atoms with E-state index in [9.17, 15) is 13.2 Å². The van der Waals surface area contributed by atoms with Crippen molar-refractivity contribution in [1.29, 1.82) is 0 Å². The number of sulfone groups is 1. The zero-order chi connectivity index (χ0) is 13.6. The Labute approximate surface area is 108 Å². The molecule has 1 unspecified atom stereocenters. The van der Waals surface area contributed by atoms with Crippen molar-refractivity contribution in [2.24, 2.45) is 11.7 Å². The highest BCUT2D eigenvalue weighted by Gasteiger charge is 2.24. The van der Waals surface area contributed by atoms with E-state index in [0.717, 1.165) is 12.7 Å². The smallest absolute Gasteiger partial charge is 0.232 e. The minimum absolute atomic E-state index is 0.0502. The Morgan fingerprint density at radius 1 is 1.47 bits per heavy atom. The van der Waals surface area contributed by atoms with Gasteiger partial charge in [0.25, 0.3) is 0 Å². The van der Waals surface area contributed by atoms with Crippen molar-refractivity contribution in [3.8, 4) is 0 Å². The van der Waals surface area contributed by atoms with Crippen LogP contribution in [-0.4, -0.2) is 49.8 Å². The maximum atomic E-state index is 12.0. The minimum Gasteiger partial charge on any atom is -0.393 e. The molecule has 0 rings (SSSR count). The van der Waals surface area contributed by atoms with Crippen LogP contribution < -0.4 is 5.73 Å². The van der Waals surface area contributed by atoms with Gasteiger partial charge in [-0.25, -0.2) is 8.42 Å². The van der Waals surface area contributed by atoms with Crippen molar-refractivity contribution >= 4 is 33.0 Å². The largest absolute Gasteiger partial charge is 0.393 e. The highest BCUT2D eigenvalue weighted by molar-refractivity contribution is 7.90. The first-order valence-electron chi connectivity index (χ1n) is 5.41. The van der Waals surface area contributed by atoms with Crippen molar-refractivity contribution in [1.82, 2.24) is 4.90 Å². The Hall–Kier alpha value is -0.690. The summed E-state index contributed by atoms with van der Waals surface area (Å²) in [5.74, 6) is -0.742. The summed E-state index contributed by atoms with van der Waals surface area (Å²) in [6, 6.07) is 0. The number of amides is 1. The molecule has 0 saturated carbocycles. The summed E-state index contributed by atoms with van der Waals surface area (Å²) in [5, 5.41) is 0. The molecule has 2 N–H and O–H groups in total. The van der Waals surface area contributed by atoms with Gasteiger partial charge >= 0.3 is 0 Å². The summed E-state index contributed by atoms with van der Waals surface area (Å²) in [7, 11) is -1.50. The Bertz CT molecular complexity index is 379. The van der Waals surface area contributed by atoms with E-state index in [0.29, 0.717) is 6.42 Å². The standard InChI is InChI=1S/C10H20N2O3S2/c1-4-5-8(9(11)16)10(13)12(2)6-7-17(3,14)15/h8H,4-7H2,1-3H3,(H2,11,16). The summed E-state index contributed by atoms with van der Waals surface area (Å²) in [6.07, 6.45) is 2.54. The Kier molecular flexibility index (Phi) is 6.62. The van der Waals surface area contributed by atoms with Crippen LogP contribution in [-0.2, 0) is 14.6 Å². The van der Waals surface area contributed by atoms with Crippen LogP contribution >= 0.6 is 12.2 Å². The number of thiocarbonyl (C=S) groups is 1. The van der Waals surface area contributed by atoms with Gasteiger partial charge in [-0.15, -0.1) is 0 Å². The lowest BCUT2D eigenvalue weighted by Gasteiger charge is -2.22. The van der Waals surface area contributed by atoms with Crippen LogP contribution in [0.5, 0.6) is 0 Å². The Morgan fingerprint density at radius 2 is 2.00 bits per heavy atom. The number of nitrogens with zero attached hydrogens (tertiary/aromatic N) is 1. The normalized spacial score (nSPS) is 13.1.